The highest BCUT2D eigenvalue weighted by molar-refractivity contribution is 5.22. The molecule has 12 heavy (non-hydrogen) atoms. The zero-order chi connectivity index (χ0) is 8.56. The molecule has 0 unspecified atom stereocenters. The van der Waals surface area contributed by atoms with Gasteiger partial charge >= 0.3 is 0 Å². The van der Waals surface area contributed by atoms with Crippen LogP contribution in [0.15, 0.2) is 0 Å². The van der Waals surface area contributed by atoms with E-state index in [9.17, 15) is 5.11 Å². The van der Waals surface area contributed by atoms with Crippen molar-refractivity contribution in [2.45, 2.75) is 38.4 Å². The minimum atomic E-state index is -0.0990. The summed E-state index contributed by atoms with van der Waals surface area (Å²) in [6, 6.07) is 0. The van der Waals surface area contributed by atoms with Crippen molar-refractivity contribution in [2.24, 2.45) is 17.3 Å². The molecule has 4 fully saturated rings. The quantitative estimate of drug-likeness (QED) is 0.596. The standard InChI is InChI=1S/C10H16O2/c1-9(2)6-3-7(9)10(5-11)8(4-6)12-10/h6-8,11H,3-5H2,1-2H3/t6-,7-,8+,10-/m0/s1. The Bertz CT molecular complexity index is 236. The summed E-state index contributed by atoms with van der Waals surface area (Å²) < 4.78 is 5.65. The third-order valence-electron chi connectivity index (χ3n) is 4.66. The molecule has 1 aliphatic heterocycles. The smallest absolute Gasteiger partial charge is 0.121 e. The highest BCUT2D eigenvalue weighted by atomic mass is 16.6. The van der Waals surface area contributed by atoms with Crippen LogP contribution in [0.4, 0.5) is 0 Å². The minimum Gasteiger partial charge on any atom is -0.393 e. The minimum absolute atomic E-state index is 0.0990. The summed E-state index contributed by atoms with van der Waals surface area (Å²) in [6.45, 7) is 4.88. The Kier molecular flexibility index (Phi) is 1.06. The molecule has 0 aromatic rings. The van der Waals surface area contributed by atoms with E-state index in [2.05, 4.69) is 13.8 Å². The summed E-state index contributed by atoms with van der Waals surface area (Å²) in [5.74, 6) is 1.48. The van der Waals surface area contributed by atoms with Crippen molar-refractivity contribution in [3.05, 3.63) is 0 Å². The van der Waals surface area contributed by atoms with Crippen LogP contribution in [0.2, 0.25) is 0 Å². The van der Waals surface area contributed by atoms with Crippen LogP contribution in [0.3, 0.4) is 0 Å². The maximum Gasteiger partial charge on any atom is 0.121 e. The lowest BCUT2D eigenvalue weighted by atomic mass is 9.45. The van der Waals surface area contributed by atoms with E-state index in [0.29, 0.717) is 17.4 Å². The van der Waals surface area contributed by atoms with Gasteiger partial charge in [-0.1, -0.05) is 13.8 Å². The lowest BCUT2D eigenvalue weighted by Gasteiger charge is -2.57. The van der Waals surface area contributed by atoms with Crippen molar-refractivity contribution in [2.75, 3.05) is 6.61 Å². The molecule has 1 heterocycles. The number of ether oxygens (including phenoxy) is 1. The normalized spacial score (nSPS) is 58.8. The highest BCUT2D eigenvalue weighted by Crippen LogP contribution is 2.70. The molecule has 4 rings (SSSR count). The molecule has 0 spiro atoms. The first-order chi connectivity index (χ1) is 5.61. The van der Waals surface area contributed by atoms with Gasteiger partial charge in [0.05, 0.1) is 12.7 Å². The number of aliphatic hydroxyl groups is 1. The lowest BCUT2D eigenvalue weighted by molar-refractivity contribution is -0.0972. The van der Waals surface area contributed by atoms with Gasteiger partial charge in [0, 0.05) is 0 Å². The second-order valence-corrected chi connectivity index (χ2v) is 5.26. The fourth-order valence-corrected chi connectivity index (χ4v) is 3.54. The van der Waals surface area contributed by atoms with Crippen LogP contribution in [0, 0.1) is 17.3 Å². The van der Waals surface area contributed by atoms with Gasteiger partial charge in [0.2, 0.25) is 0 Å². The molecular weight excluding hydrogens is 152 g/mol. The SMILES string of the molecule is CC1(C)[C@@H]2C[C@H]3O[C@@]3(CO)[C@H]1C2. The van der Waals surface area contributed by atoms with Gasteiger partial charge < -0.3 is 9.84 Å². The van der Waals surface area contributed by atoms with E-state index >= 15 is 0 Å². The van der Waals surface area contributed by atoms with Crippen molar-refractivity contribution in [3.63, 3.8) is 0 Å². The van der Waals surface area contributed by atoms with Gasteiger partial charge in [-0.05, 0) is 30.1 Å². The van der Waals surface area contributed by atoms with Gasteiger partial charge in [0.15, 0.2) is 0 Å². The zero-order valence-corrected chi connectivity index (χ0v) is 7.71. The first-order valence-electron chi connectivity index (χ1n) is 4.90. The van der Waals surface area contributed by atoms with Crippen LogP contribution < -0.4 is 0 Å². The third-order valence-corrected chi connectivity index (χ3v) is 4.66. The molecule has 0 aromatic heterocycles. The summed E-state index contributed by atoms with van der Waals surface area (Å²) >= 11 is 0. The number of hydrogen-bond acceptors (Lipinski definition) is 2. The van der Waals surface area contributed by atoms with E-state index in [1.54, 1.807) is 0 Å². The summed E-state index contributed by atoms with van der Waals surface area (Å²) in [7, 11) is 0. The van der Waals surface area contributed by atoms with Gasteiger partial charge in [0.25, 0.3) is 0 Å². The Morgan fingerprint density at radius 1 is 1.42 bits per heavy atom. The largest absolute Gasteiger partial charge is 0.393 e. The Labute approximate surface area is 72.9 Å². The Balaban J connectivity index is 1.94. The monoisotopic (exact) mass is 168 g/mol. The predicted molar refractivity (Wildman–Crippen MR) is 44.7 cm³/mol. The number of epoxide rings is 1. The molecule has 4 atom stereocenters. The number of hydrogen-bond donors (Lipinski definition) is 1. The summed E-state index contributed by atoms with van der Waals surface area (Å²) in [5, 5.41) is 9.29. The van der Waals surface area contributed by atoms with Crippen LogP contribution in [0.25, 0.3) is 0 Å². The zero-order valence-electron chi connectivity index (χ0n) is 7.71. The van der Waals surface area contributed by atoms with Gasteiger partial charge in [-0.25, -0.2) is 0 Å². The van der Waals surface area contributed by atoms with E-state index in [-0.39, 0.29) is 12.2 Å². The maximum atomic E-state index is 9.29. The molecular formula is C10H16O2. The van der Waals surface area contributed by atoms with Crippen LogP contribution in [0.5, 0.6) is 0 Å². The predicted octanol–water partition coefficient (Wildman–Crippen LogP) is 1.18. The molecule has 0 aromatic carbocycles. The second-order valence-electron chi connectivity index (χ2n) is 5.26. The van der Waals surface area contributed by atoms with E-state index in [0.717, 1.165) is 5.92 Å². The molecule has 1 N–H and O–H groups in total. The lowest BCUT2D eigenvalue weighted by Crippen LogP contribution is -2.58. The van der Waals surface area contributed by atoms with E-state index in [1.807, 2.05) is 0 Å². The van der Waals surface area contributed by atoms with E-state index in [1.165, 1.54) is 12.8 Å². The first kappa shape index (κ1) is 7.34. The summed E-state index contributed by atoms with van der Waals surface area (Å²) in [5.41, 5.74) is 0.327. The molecule has 2 nitrogen and oxygen atoms in total. The summed E-state index contributed by atoms with van der Waals surface area (Å²) in [4.78, 5) is 0. The van der Waals surface area contributed by atoms with Crippen LogP contribution in [-0.2, 0) is 4.74 Å². The number of aliphatic hydroxyl groups excluding tert-OH is 1. The summed E-state index contributed by atoms with van der Waals surface area (Å²) in [6.07, 6.45) is 2.87. The average molecular weight is 168 g/mol. The topological polar surface area (TPSA) is 32.8 Å². The van der Waals surface area contributed by atoms with Crippen molar-refractivity contribution < 1.29 is 9.84 Å². The molecule has 3 aliphatic carbocycles. The van der Waals surface area contributed by atoms with Gasteiger partial charge in [0.1, 0.15) is 5.60 Å². The first-order valence-corrected chi connectivity index (χ1v) is 4.90. The molecule has 0 radical (unpaired) electrons. The third kappa shape index (κ3) is 0.549. The molecule has 68 valence electrons. The van der Waals surface area contributed by atoms with Crippen LogP contribution >= 0.6 is 0 Å². The Hall–Kier alpha value is -0.0800. The fourth-order valence-electron chi connectivity index (χ4n) is 3.54. The second kappa shape index (κ2) is 1.73. The van der Waals surface area contributed by atoms with Crippen LogP contribution in [0.1, 0.15) is 26.7 Å². The Morgan fingerprint density at radius 3 is 2.67 bits per heavy atom. The molecule has 1 saturated heterocycles. The molecule has 0 amide bonds. The van der Waals surface area contributed by atoms with Crippen molar-refractivity contribution in [3.8, 4) is 0 Å². The van der Waals surface area contributed by atoms with Crippen molar-refractivity contribution >= 4 is 0 Å². The maximum absolute atomic E-state index is 9.29. The van der Waals surface area contributed by atoms with E-state index < -0.39 is 0 Å². The van der Waals surface area contributed by atoms with Gasteiger partial charge in [-0.3, -0.25) is 0 Å². The van der Waals surface area contributed by atoms with Crippen molar-refractivity contribution in [1.82, 2.24) is 0 Å². The average Bonchev–Trinajstić information content (AvgIpc) is 2.77. The van der Waals surface area contributed by atoms with Crippen LogP contribution in [-0.4, -0.2) is 23.4 Å². The number of rotatable bonds is 1. The fraction of sp³-hybridized carbons (Fsp3) is 1.00. The van der Waals surface area contributed by atoms with Gasteiger partial charge in [-0.15, -0.1) is 0 Å². The molecule has 2 bridgehead atoms. The van der Waals surface area contributed by atoms with Crippen molar-refractivity contribution in [1.29, 1.82) is 0 Å². The highest BCUT2D eigenvalue weighted by Gasteiger charge is 2.74. The molecule has 3 saturated carbocycles. The molecule has 4 aliphatic rings. The molecule has 2 heteroatoms. The van der Waals surface area contributed by atoms with E-state index in [4.69, 9.17) is 4.74 Å². The Morgan fingerprint density at radius 2 is 2.17 bits per heavy atom. The van der Waals surface area contributed by atoms with Gasteiger partial charge in [-0.2, -0.15) is 0 Å².